The van der Waals surface area contributed by atoms with Gasteiger partial charge in [0.25, 0.3) is 0 Å². The normalized spacial score (nSPS) is 22.1. The van der Waals surface area contributed by atoms with E-state index in [2.05, 4.69) is 67.4 Å². The van der Waals surface area contributed by atoms with Crippen LogP contribution in [0.5, 0.6) is 0 Å². The molecule has 2 aliphatic heterocycles. The van der Waals surface area contributed by atoms with E-state index in [4.69, 9.17) is 0 Å². The van der Waals surface area contributed by atoms with Crippen LogP contribution in [0.25, 0.3) is 11.4 Å². The molecule has 0 amide bonds. The highest BCUT2D eigenvalue weighted by molar-refractivity contribution is 5.55. The molecule has 0 radical (unpaired) electrons. The fourth-order valence-electron chi connectivity index (χ4n) is 4.49. The van der Waals surface area contributed by atoms with Crippen molar-refractivity contribution in [1.29, 1.82) is 0 Å². The van der Waals surface area contributed by atoms with Crippen LogP contribution in [0.3, 0.4) is 0 Å². The van der Waals surface area contributed by atoms with Gasteiger partial charge in [-0.3, -0.25) is 19.5 Å². The van der Waals surface area contributed by atoms with Gasteiger partial charge in [-0.1, -0.05) is 13.8 Å². The lowest BCUT2D eigenvalue weighted by Crippen LogP contribution is -2.52. The van der Waals surface area contributed by atoms with E-state index in [9.17, 15) is 0 Å². The maximum atomic E-state index is 4.59. The molecule has 0 aliphatic carbocycles. The van der Waals surface area contributed by atoms with Crippen molar-refractivity contribution in [2.75, 3.05) is 44.2 Å². The van der Waals surface area contributed by atoms with Crippen LogP contribution in [0.4, 0.5) is 5.95 Å². The van der Waals surface area contributed by atoms with E-state index in [1.54, 1.807) is 0 Å². The maximum Gasteiger partial charge on any atom is 0.227 e. The van der Waals surface area contributed by atoms with E-state index in [0.29, 0.717) is 18.0 Å². The van der Waals surface area contributed by atoms with Gasteiger partial charge < -0.3 is 4.90 Å². The van der Waals surface area contributed by atoms with Gasteiger partial charge in [0.1, 0.15) is 0 Å². The first-order chi connectivity index (χ1) is 13.5. The monoisotopic (exact) mass is 386 g/mol. The third kappa shape index (κ3) is 3.93. The SMILES string of the molecule is CC(C)Cn1c(-c2cn[nH]c2)nnc1N1CCC(N2CCN(C(C)C)CC2)C1. The standard InChI is InChI=1S/C20H34N8/c1-15(2)13-28-19(17-11-21-22-12-17)23-24-20(28)27-6-5-18(14-27)26-9-7-25(8-10-26)16(3)4/h11-12,15-16,18H,5-10,13-14H2,1-4H3,(H,21,22). The summed E-state index contributed by atoms with van der Waals surface area (Å²) in [5, 5.41) is 16.1. The van der Waals surface area contributed by atoms with Crippen LogP contribution < -0.4 is 4.90 Å². The Labute approximate surface area is 167 Å². The molecule has 1 N–H and O–H groups in total. The molecule has 154 valence electrons. The molecule has 8 nitrogen and oxygen atoms in total. The molecule has 2 fully saturated rings. The van der Waals surface area contributed by atoms with Gasteiger partial charge in [0.2, 0.25) is 5.95 Å². The number of nitrogens with zero attached hydrogens (tertiary/aromatic N) is 7. The van der Waals surface area contributed by atoms with Crippen LogP contribution in [-0.4, -0.2) is 86.1 Å². The third-order valence-electron chi connectivity index (χ3n) is 6.08. The summed E-state index contributed by atoms with van der Waals surface area (Å²) in [6.07, 6.45) is 4.93. The quantitative estimate of drug-likeness (QED) is 0.818. The lowest BCUT2D eigenvalue weighted by atomic mass is 10.1. The highest BCUT2D eigenvalue weighted by atomic mass is 15.4. The Balaban J connectivity index is 1.47. The van der Waals surface area contributed by atoms with E-state index in [1.165, 1.54) is 32.6 Å². The molecule has 4 rings (SSSR count). The summed E-state index contributed by atoms with van der Waals surface area (Å²) in [5.74, 6) is 2.45. The van der Waals surface area contributed by atoms with Crippen molar-refractivity contribution in [2.45, 2.75) is 52.7 Å². The second-order valence-electron chi connectivity index (χ2n) is 8.87. The molecule has 1 atom stereocenters. The van der Waals surface area contributed by atoms with Crippen molar-refractivity contribution < 1.29 is 0 Å². The van der Waals surface area contributed by atoms with E-state index in [0.717, 1.165) is 37.0 Å². The van der Waals surface area contributed by atoms with Crippen LogP contribution in [-0.2, 0) is 6.54 Å². The van der Waals surface area contributed by atoms with Crippen LogP contribution >= 0.6 is 0 Å². The Kier molecular flexibility index (Phi) is 5.68. The predicted octanol–water partition coefficient (Wildman–Crippen LogP) is 1.93. The second kappa shape index (κ2) is 8.21. The van der Waals surface area contributed by atoms with Gasteiger partial charge in [0.05, 0.1) is 11.8 Å². The Morgan fingerprint density at radius 2 is 1.86 bits per heavy atom. The van der Waals surface area contributed by atoms with Crippen LogP contribution in [0.15, 0.2) is 12.4 Å². The number of nitrogens with one attached hydrogen (secondary N) is 1. The molecule has 2 saturated heterocycles. The largest absolute Gasteiger partial charge is 0.339 e. The number of anilines is 1. The lowest BCUT2D eigenvalue weighted by Gasteiger charge is -2.39. The first-order valence-corrected chi connectivity index (χ1v) is 10.7. The zero-order valence-corrected chi connectivity index (χ0v) is 17.7. The predicted molar refractivity (Wildman–Crippen MR) is 111 cm³/mol. The van der Waals surface area contributed by atoms with E-state index in [-0.39, 0.29) is 0 Å². The molecule has 1 unspecified atom stereocenters. The van der Waals surface area contributed by atoms with Crippen molar-refractivity contribution >= 4 is 5.95 Å². The molecule has 0 saturated carbocycles. The fourth-order valence-corrected chi connectivity index (χ4v) is 4.49. The van der Waals surface area contributed by atoms with Crippen molar-refractivity contribution in [3.8, 4) is 11.4 Å². The molecular weight excluding hydrogens is 352 g/mol. The van der Waals surface area contributed by atoms with Crippen molar-refractivity contribution in [1.82, 2.24) is 34.8 Å². The third-order valence-corrected chi connectivity index (χ3v) is 6.08. The molecule has 2 aromatic heterocycles. The molecular formula is C20H34N8. The number of aromatic amines is 1. The average molecular weight is 387 g/mol. The summed E-state index contributed by atoms with van der Waals surface area (Å²) < 4.78 is 2.27. The number of aromatic nitrogens is 5. The molecule has 0 bridgehead atoms. The molecule has 28 heavy (non-hydrogen) atoms. The number of rotatable bonds is 6. The highest BCUT2D eigenvalue weighted by Crippen LogP contribution is 2.27. The van der Waals surface area contributed by atoms with Gasteiger partial charge in [-0.05, 0) is 26.2 Å². The van der Waals surface area contributed by atoms with Gasteiger partial charge in [-0.15, -0.1) is 10.2 Å². The van der Waals surface area contributed by atoms with Crippen LogP contribution in [0.1, 0.15) is 34.1 Å². The smallest absolute Gasteiger partial charge is 0.227 e. The minimum absolute atomic E-state index is 0.530. The maximum absolute atomic E-state index is 4.59. The molecule has 4 heterocycles. The van der Waals surface area contributed by atoms with E-state index < -0.39 is 0 Å². The van der Waals surface area contributed by atoms with Gasteiger partial charge >= 0.3 is 0 Å². The summed E-state index contributed by atoms with van der Waals surface area (Å²) in [6, 6.07) is 1.27. The van der Waals surface area contributed by atoms with Gasteiger partial charge in [-0.25, -0.2) is 0 Å². The number of hydrogen-bond acceptors (Lipinski definition) is 6. The minimum atomic E-state index is 0.530. The zero-order valence-electron chi connectivity index (χ0n) is 17.7. The van der Waals surface area contributed by atoms with Crippen LogP contribution in [0, 0.1) is 5.92 Å². The first kappa shape index (κ1) is 19.4. The zero-order chi connectivity index (χ0) is 19.7. The molecule has 8 heteroatoms. The van der Waals surface area contributed by atoms with Gasteiger partial charge in [0.15, 0.2) is 5.82 Å². The summed E-state index contributed by atoms with van der Waals surface area (Å²) in [6.45, 7) is 16.8. The molecule has 2 aliphatic rings. The summed E-state index contributed by atoms with van der Waals surface area (Å²) in [7, 11) is 0. The molecule has 0 aromatic carbocycles. The Hall–Kier alpha value is -1.93. The number of hydrogen-bond donors (Lipinski definition) is 1. The Morgan fingerprint density at radius 3 is 2.50 bits per heavy atom. The fraction of sp³-hybridized carbons (Fsp3) is 0.750. The highest BCUT2D eigenvalue weighted by Gasteiger charge is 2.33. The Bertz CT molecular complexity index is 742. The number of H-pyrrole nitrogens is 1. The second-order valence-corrected chi connectivity index (χ2v) is 8.87. The van der Waals surface area contributed by atoms with Crippen molar-refractivity contribution in [3.05, 3.63) is 12.4 Å². The van der Waals surface area contributed by atoms with Gasteiger partial charge in [0, 0.05) is 64.1 Å². The lowest BCUT2D eigenvalue weighted by molar-refractivity contribution is 0.0842. The molecule has 2 aromatic rings. The summed E-state index contributed by atoms with van der Waals surface area (Å²) in [5.41, 5.74) is 1.000. The molecule has 0 spiro atoms. The van der Waals surface area contributed by atoms with E-state index in [1.807, 2.05) is 12.4 Å². The summed E-state index contributed by atoms with van der Waals surface area (Å²) in [4.78, 5) is 7.69. The summed E-state index contributed by atoms with van der Waals surface area (Å²) >= 11 is 0. The van der Waals surface area contributed by atoms with Gasteiger partial charge in [-0.2, -0.15) is 5.10 Å². The van der Waals surface area contributed by atoms with Crippen molar-refractivity contribution in [2.24, 2.45) is 5.92 Å². The van der Waals surface area contributed by atoms with E-state index >= 15 is 0 Å². The van der Waals surface area contributed by atoms with Crippen molar-refractivity contribution in [3.63, 3.8) is 0 Å². The topological polar surface area (TPSA) is 69.1 Å². The number of piperazine rings is 1. The first-order valence-electron chi connectivity index (χ1n) is 10.7. The minimum Gasteiger partial charge on any atom is -0.339 e. The Morgan fingerprint density at radius 1 is 1.07 bits per heavy atom. The van der Waals surface area contributed by atoms with Crippen LogP contribution in [0.2, 0.25) is 0 Å². The average Bonchev–Trinajstić information content (AvgIpc) is 3.41.